The molecule has 0 radical (unpaired) electrons. The van der Waals surface area contributed by atoms with Gasteiger partial charge in [-0.05, 0) is 42.5 Å². The number of halogens is 6. The van der Waals surface area contributed by atoms with Gasteiger partial charge in [0.25, 0.3) is 5.56 Å². The average Bonchev–Trinajstić information content (AvgIpc) is 3.42. The summed E-state index contributed by atoms with van der Waals surface area (Å²) >= 11 is 1.09. The Balaban J connectivity index is 1.60. The molecule has 4 nitrogen and oxygen atoms in total. The zero-order valence-corrected chi connectivity index (χ0v) is 17.0. The van der Waals surface area contributed by atoms with Crippen molar-refractivity contribution < 1.29 is 30.8 Å². The first-order chi connectivity index (χ1) is 15.5. The van der Waals surface area contributed by atoms with Crippen LogP contribution in [0.25, 0.3) is 33.4 Å². The largest absolute Gasteiger partial charge is 0.457 e. The topological polar surface area (TPSA) is 47.5 Å². The quantitative estimate of drug-likeness (QED) is 0.302. The summed E-state index contributed by atoms with van der Waals surface area (Å²) in [6.45, 7) is 0. The van der Waals surface area contributed by atoms with E-state index in [2.05, 4.69) is 4.98 Å². The monoisotopic (exact) mass is 480 g/mol. The minimum atomic E-state index is -4.97. The number of aromatic nitrogens is 2. The molecule has 0 N–H and O–H groups in total. The molecular formula is C22H10F6N2O2S. The molecule has 5 aromatic rings. The van der Waals surface area contributed by atoms with Gasteiger partial charge in [0, 0.05) is 11.6 Å². The van der Waals surface area contributed by atoms with Gasteiger partial charge in [-0.1, -0.05) is 23.5 Å². The number of thiazole rings is 1. The molecule has 33 heavy (non-hydrogen) atoms. The lowest BCUT2D eigenvalue weighted by molar-refractivity contribution is -0.143. The zero-order valence-electron chi connectivity index (χ0n) is 16.2. The normalized spacial score (nSPS) is 13.5. The van der Waals surface area contributed by atoms with Gasteiger partial charge in [0.1, 0.15) is 16.1 Å². The van der Waals surface area contributed by atoms with Crippen LogP contribution < -0.4 is 10.1 Å². The van der Waals surface area contributed by atoms with Crippen LogP contribution in [0.4, 0.5) is 26.3 Å². The van der Waals surface area contributed by atoms with Crippen LogP contribution in [0, 0.1) is 0 Å². The predicted molar refractivity (Wildman–Crippen MR) is 110 cm³/mol. The second-order valence-corrected chi connectivity index (χ2v) is 8.14. The van der Waals surface area contributed by atoms with Crippen LogP contribution in [-0.2, 0) is 12.4 Å². The number of fused-ring (bicyclic) bond motifs is 3. The summed E-state index contributed by atoms with van der Waals surface area (Å²) in [5.41, 5.74) is -2.36. The van der Waals surface area contributed by atoms with Gasteiger partial charge in [-0.3, -0.25) is 4.79 Å². The maximum atomic E-state index is 13.1. The smallest absolute Gasteiger partial charge is 0.416 e. The van der Waals surface area contributed by atoms with Gasteiger partial charge in [0.15, 0.2) is 4.96 Å². The number of imidazole rings is 1. The van der Waals surface area contributed by atoms with Gasteiger partial charge >= 0.3 is 12.4 Å². The lowest BCUT2D eigenvalue weighted by Crippen LogP contribution is -2.22. The third kappa shape index (κ3) is 3.78. The Labute approximate surface area is 184 Å². The summed E-state index contributed by atoms with van der Waals surface area (Å²) in [5.74, 6) is -0.0982. The van der Waals surface area contributed by atoms with Gasteiger partial charge in [-0.15, -0.1) is 0 Å². The molecule has 0 aliphatic rings. The maximum absolute atomic E-state index is 13.1. The first-order valence-corrected chi connectivity index (χ1v) is 10.1. The molecule has 0 aliphatic heterocycles. The Morgan fingerprint density at radius 3 is 2.24 bits per heavy atom. The summed E-state index contributed by atoms with van der Waals surface area (Å²) < 4.78 is 85.9. The number of para-hydroxylation sites is 2. The fourth-order valence-corrected chi connectivity index (χ4v) is 4.39. The summed E-state index contributed by atoms with van der Waals surface area (Å²) in [5, 5.41) is 0. The standard InChI is InChI=1S/C22H10F6N2O2S/c23-21(24,25)12-7-11(8-13(9-12)22(26,27)28)17-6-5-14(32-17)10-18-19(31)30-16-4-2-1-3-15(16)29-20(30)33-18/h1-10H/b18-10-. The minimum Gasteiger partial charge on any atom is -0.457 e. The molecule has 0 unspecified atom stereocenters. The molecule has 3 aromatic heterocycles. The highest BCUT2D eigenvalue weighted by Crippen LogP contribution is 2.39. The Morgan fingerprint density at radius 2 is 1.58 bits per heavy atom. The van der Waals surface area contributed by atoms with Crippen LogP contribution in [-0.4, -0.2) is 9.38 Å². The van der Waals surface area contributed by atoms with E-state index >= 15 is 0 Å². The predicted octanol–water partition coefficient (Wildman–Crippen LogP) is 5.75. The molecule has 11 heteroatoms. The molecule has 0 bridgehead atoms. The molecule has 0 amide bonds. The van der Waals surface area contributed by atoms with Crippen molar-refractivity contribution in [2.45, 2.75) is 12.4 Å². The average molecular weight is 480 g/mol. The van der Waals surface area contributed by atoms with Gasteiger partial charge in [0.05, 0.1) is 22.2 Å². The van der Waals surface area contributed by atoms with E-state index < -0.39 is 23.5 Å². The number of alkyl halides is 6. The van der Waals surface area contributed by atoms with E-state index in [0.717, 1.165) is 11.3 Å². The summed E-state index contributed by atoms with van der Waals surface area (Å²) in [4.78, 5) is 17.6. The molecule has 0 atom stereocenters. The van der Waals surface area contributed by atoms with Crippen molar-refractivity contribution >= 4 is 33.4 Å². The summed E-state index contributed by atoms with van der Waals surface area (Å²) in [6.07, 6.45) is -8.56. The third-order valence-electron chi connectivity index (χ3n) is 4.92. The zero-order chi connectivity index (χ0) is 23.5. The van der Waals surface area contributed by atoms with Gasteiger partial charge in [-0.2, -0.15) is 26.3 Å². The van der Waals surface area contributed by atoms with E-state index in [0.29, 0.717) is 28.1 Å². The highest BCUT2D eigenvalue weighted by atomic mass is 32.1. The second kappa shape index (κ2) is 7.20. The molecule has 3 heterocycles. The Kier molecular flexibility index (Phi) is 4.64. The minimum absolute atomic E-state index is 0.0505. The molecule has 0 saturated heterocycles. The fraction of sp³-hybridized carbons (Fsp3) is 0.0909. The molecule has 2 aromatic carbocycles. The van der Waals surface area contributed by atoms with Gasteiger partial charge < -0.3 is 4.42 Å². The van der Waals surface area contributed by atoms with Crippen LogP contribution in [0.1, 0.15) is 16.9 Å². The van der Waals surface area contributed by atoms with Crippen molar-refractivity contribution in [3.8, 4) is 11.3 Å². The number of furan rings is 1. The van der Waals surface area contributed by atoms with E-state index in [1.807, 2.05) is 0 Å². The number of hydrogen-bond acceptors (Lipinski definition) is 4. The first-order valence-electron chi connectivity index (χ1n) is 9.32. The first kappa shape index (κ1) is 21.3. The summed E-state index contributed by atoms with van der Waals surface area (Å²) in [7, 11) is 0. The SMILES string of the molecule is O=c1/c(=C/c2ccc(-c3cc(C(F)(F)F)cc(C(F)(F)F)c3)o2)sc2nc3ccccc3n12. The van der Waals surface area contributed by atoms with Gasteiger partial charge in [-0.25, -0.2) is 9.38 Å². The highest BCUT2D eigenvalue weighted by molar-refractivity contribution is 7.15. The lowest BCUT2D eigenvalue weighted by Gasteiger charge is -2.13. The molecule has 5 rings (SSSR count). The van der Waals surface area contributed by atoms with E-state index in [1.54, 1.807) is 24.3 Å². The second-order valence-electron chi connectivity index (χ2n) is 7.13. The Bertz CT molecular complexity index is 1590. The van der Waals surface area contributed by atoms with E-state index in [4.69, 9.17) is 4.42 Å². The molecular weight excluding hydrogens is 470 g/mol. The molecule has 0 aliphatic carbocycles. The van der Waals surface area contributed by atoms with E-state index in [1.165, 1.54) is 22.6 Å². The van der Waals surface area contributed by atoms with E-state index in [-0.39, 0.29) is 33.2 Å². The molecule has 0 spiro atoms. The van der Waals surface area contributed by atoms with Crippen molar-refractivity contribution in [3.05, 3.63) is 86.4 Å². The van der Waals surface area contributed by atoms with Crippen LogP contribution >= 0.6 is 11.3 Å². The lowest BCUT2D eigenvalue weighted by atomic mass is 10.0. The van der Waals surface area contributed by atoms with Crippen molar-refractivity contribution in [2.24, 2.45) is 0 Å². The Hall–Kier alpha value is -3.60. The van der Waals surface area contributed by atoms with Crippen molar-refractivity contribution in [1.82, 2.24) is 9.38 Å². The summed E-state index contributed by atoms with van der Waals surface area (Å²) in [6, 6.07) is 10.9. The van der Waals surface area contributed by atoms with Gasteiger partial charge in [0.2, 0.25) is 0 Å². The number of nitrogens with zero attached hydrogens (tertiary/aromatic N) is 2. The molecule has 0 fully saturated rings. The third-order valence-corrected chi connectivity index (χ3v) is 5.89. The van der Waals surface area contributed by atoms with Crippen LogP contribution in [0.5, 0.6) is 0 Å². The Morgan fingerprint density at radius 1 is 0.909 bits per heavy atom. The molecule has 0 saturated carbocycles. The highest BCUT2D eigenvalue weighted by Gasteiger charge is 2.37. The maximum Gasteiger partial charge on any atom is 0.416 e. The number of hydrogen-bond donors (Lipinski definition) is 0. The molecule has 168 valence electrons. The van der Waals surface area contributed by atoms with Crippen LogP contribution in [0.3, 0.4) is 0 Å². The van der Waals surface area contributed by atoms with Crippen molar-refractivity contribution in [1.29, 1.82) is 0 Å². The number of rotatable bonds is 2. The fourth-order valence-electron chi connectivity index (χ4n) is 3.42. The van der Waals surface area contributed by atoms with Crippen molar-refractivity contribution in [3.63, 3.8) is 0 Å². The van der Waals surface area contributed by atoms with Crippen LogP contribution in [0.2, 0.25) is 0 Å². The number of benzene rings is 2. The van der Waals surface area contributed by atoms with E-state index in [9.17, 15) is 31.1 Å². The van der Waals surface area contributed by atoms with Crippen molar-refractivity contribution in [2.75, 3.05) is 0 Å². The van der Waals surface area contributed by atoms with Crippen LogP contribution in [0.15, 0.2) is 63.8 Å².